The molecule has 1 saturated carbocycles. The lowest BCUT2D eigenvalue weighted by atomic mass is 10.0. The average Bonchev–Trinajstić information content (AvgIpc) is 2.56. The Kier molecular flexibility index (Phi) is 4.84. The summed E-state index contributed by atoms with van der Waals surface area (Å²) in [4.78, 5) is 13.1. The van der Waals surface area contributed by atoms with Crippen LogP contribution in [0.3, 0.4) is 0 Å². The molecule has 1 unspecified atom stereocenters. The van der Waals surface area contributed by atoms with Gasteiger partial charge in [-0.05, 0) is 12.8 Å². The van der Waals surface area contributed by atoms with E-state index in [9.17, 15) is 13.2 Å². The highest BCUT2D eigenvalue weighted by atomic mass is 32.2. The maximum absolute atomic E-state index is 11.7. The molecule has 0 aromatic rings. The van der Waals surface area contributed by atoms with Gasteiger partial charge in [-0.1, -0.05) is 25.7 Å². The zero-order chi connectivity index (χ0) is 13.9. The molecule has 19 heavy (non-hydrogen) atoms. The molecular weight excluding hydrogens is 266 g/mol. The number of carbonyl (C=O) groups is 1. The maximum Gasteiger partial charge on any atom is 0.304 e. The molecular formula is C13H23NO4S. The quantitative estimate of drug-likeness (QED) is 0.792. The average molecular weight is 289 g/mol. The van der Waals surface area contributed by atoms with Crippen molar-refractivity contribution in [3.8, 4) is 0 Å². The van der Waals surface area contributed by atoms with Crippen LogP contribution in [-0.2, 0) is 14.6 Å². The molecule has 1 heterocycles. The van der Waals surface area contributed by atoms with Gasteiger partial charge in [-0.3, -0.25) is 9.69 Å². The molecule has 0 spiro atoms. The van der Waals surface area contributed by atoms with Gasteiger partial charge in [0.15, 0.2) is 9.84 Å². The number of carboxylic acid groups (broad SMARTS) is 1. The normalized spacial score (nSPS) is 29.8. The molecule has 1 N–H and O–H groups in total. The van der Waals surface area contributed by atoms with Crippen molar-refractivity contribution < 1.29 is 18.3 Å². The van der Waals surface area contributed by atoms with E-state index in [4.69, 9.17) is 5.11 Å². The number of rotatable bonds is 3. The van der Waals surface area contributed by atoms with Crippen molar-refractivity contribution in [1.29, 1.82) is 0 Å². The third kappa shape index (κ3) is 4.18. The first-order valence-electron chi connectivity index (χ1n) is 7.16. The van der Waals surface area contributed by atoms with Crippen molar-refractivity contribution in [1.82, 2.24) is 4.90 Å². The third-order valence-electron chi connectivity index (χ3n) is 4.28. The van der Waals surface area contributed by atoms with Gasteiger partial charge in [0.1, 0.15) is 0 Å². The molecule has 0 bridgehead atoms. The highest BCUT2D eigenvalue weighted by Gasteiger charge is 2.36. The Morgan fingerprint density at radius 2 is 1.79 bits per heavy atom. The van der Waals surface area contributed by atoms with Gasteiger partial charge >= 0.3 is 5.97 Å². The number of carboxylic acids is 1. The van der Waals surface area contributed by atoms with Gasteiger partial charge in [0.05, 0.1) is 17.9 Å². The Labute approximate surface area is 114 Å². The van der Waals surface area contributed by atoms with Crippen molar-refractivity contribution in [3.05, 3.63) is 0 Å². The van der Waals surface area contributed by atoms with Crippen LogP contribution < -0.4 is 0 Å². The molecule has 0 aromatic carbocycles. The molecule has 5 nitrogen and oxygen atoms in total. The van der Waals surface area contributed by atoms with E-state index in [0.717, 1.165) is 12.8 Å². The van der Waals surface area contributed by atoms with Crippen LogP contribution in [0.1, 0.15) is 44.9 Å². The monoisotopic (exact) mass is 289 g/mol. The summed E-state index contributed by atoms with van der Waals surface area (Å²) in [6.07, 6.45) is 6.93. The zero-order valence-electron chi connectivity index (χ0n) is 11.3. The van der Waals surface area contributed by atoms with E-state index in [1.54, 1.807) is 0 Å². The predicted molar refractivity (Wildman–Crippen MR) is 72.9 cm³/mol. The van der Waals surface area contributed by atoms with Gasteiger partial charge in [0.2, 0.25) is 0 Å². The minimum Gasteiger partial charge on any atom is -0.481 e. The highest BCUT2D eigenvalue weighted by Crippen LogP contribution is 2.27. The maximum atomic E-state index is 11.7. The molecule has 2 fully saturated rings. The molecule has 0 amide bonds. The topological polar surface area (TPSA) is 74.7 Å². The van der Waals surface area contributed by atoms with Gasteiger partial charge in [-0.15, -0.1) is 0 Å². The largest absolute Gasteiger partial charge is 0.481 e. The van der Waals surface area contributed by atoms with Crippen LogP contribution in [0, 0.1) is 0 Å². The SMILES string of the molecule is O=C(O)CC1CS(=O)(=O)CCN1C1CCCCCC1. The number of sulfone groups is 1. The molecule has 6 heteroatoms. The summed E-state index contributed by atoms with van der Waals surface area (Å²) in [5.41, 5.74) is 0. The van der Waals surface area contributed by atoms with E-state index in [0.29, 0.717) is 12.6 Å². The zero-order valence-corrected chi connectivity index (χ0v) is 12.1. The van der Waals surface area contributed by atoms with Crippen molar-refractivity contribution in [3.63, 3.8) is 0 Å². The van der Waals surface area contributed by atoms with Crippen molar-refractivity contribution in [2.45, 2.75) is 57.0 Å². The standard InChI is InChI=1S/C13H23NO4S/c15-13(16)9-12-10-19(17,18)8-7-14(12)11-5-3-1-2-4-6-11/h11-12H,1-10H2,(H,15,16). The number of hydrogen-bond acceptors (Lipinski definition) is 4. The minimum atomic E-state index is -3.06. The highest BCUT2D eigenvalue weighted by molar-refractivity contribution is 7.91. The molecule has 2 aliphatic rings. The second-order valence-electron chi connectivity index (χ2n) is 5.75. The van der Waals surface area contributed by atoms with Crippen molar-refractivity contribution in [2.24, 2.45) is 0 Å². The van der Waals surface area contributed by atoms with E-state index in [2.05, 4.69) is 4.90 Å². The van der Waals surface area contributed by atoms with Crippen molar-refractivity contribution in [2.75, 3.05) is 18.1 Å². The molecule has 1 atom stereocenters. The Bertz CT molecular complexity index is 412. The first-order chi connectivity index (χ1) is 8.98. The summed E-state index contributed by atoms with van der Waals surface area (Å²) in [5, 5.41) is 8.99. The summed E-state index contributed by atoms with van der Waals surface area (Å²) in [6.45, 7) is 0.505. The van der Waals surface area contributed by atoms with Crippen LogP contribution in [0.5, 0.6) is 0 Å². The van der Waals surface area contributed by atoms with Gasteiger partial charge in [-0.25, -0.2) is 8.42 Å². The Morgan fingerprint density at radius 3 is 2.37 bits per heavy atom. The molecule has 1 aliphatic carbocycles. The summed E-state index contributed by atoms with van der Waals surface area (Å²) < 4.78 is 23.4. The number of nitrogens with zero attached hydrogens (tertiary/aromatic N) is 1. The molecule has 0 radical (unpaired) electrons. The fraction of sp³-hybridized carbons (Fsp3) is 0.923. The fourth-order valence-corrected chi connectivity index (χ4v) is 4.90. The lowest BCUT2D eigenvalue weighted by molar-refractivity contribution is -0.138. The third-order valence-corrected chi connectivity index (χ3v) is 5.98. The van der Waals surface area contributed by atoms with Gasteiger partial charge in [0, 0.05) is 18.6 Å². The van der Waals surface area contributed by atoms with Crippen LogP contribution in [0.4, 0.5) is 0 Å². The van der Waals surface area contributed by atoms with Crippen LogP contribution in [0.25, 0.3) is 0 Å². The van der Waals surface area contributed by atoms with E-state index < -0.39 is 15.8 Å². The molecule has 1 aliphatic heterocycles. The predicted octanol–water partition coefficient (Wildman–Crippen LogP) is 1.28. The Morgan fingerprint density at radius 1 is 1.16 bits per heavy atom. The van der Waals surface area contributed by atoms with Gasteiger partial charge in [0.25, 0.3) is 0 Å². The summed E-state index contributed by atoms with van der Waals surface area (Å²) in [7, 11) is -3.06. The Balaban J connectivity index is 2.09. The van der Waals surface area contributed by atoms with E-state index >= 15 is 0 Å². The summed E-state index contributed by atoms with van der Waals surface area (Å²) in [6, 6.07) is 0.0432. The summed E-state index contributed by atoms with van der Waals surface area (Å²) >= 11 is 0. The lowest BCUT2D eigenvalue weighted by Crippen LogP contribution is -2.53. The second-order valence-corrected chi connectivity index (χ2v) is 7.98. The van der Waals surface area contributed by atoms with Crippen LogP contribution in [0.2, 0.25) is 0 Å². The summed E-state index contributed by atoms with van der Waals surface area (Å²) in [5.74, 6) is -0.712. The van der Waals surface area contributed by atoms with E-state index in [1.807, 2.05) is 0 Å². The molecule has 0 aromatic heterocycles. The Hall–Kier alpha value is -0.620. The second kappa shape index (κ2) is 6.22. The number of aliphatic carboxylic acids is 1. The van der Waals surface area contributed by atoms with Crippen LogP contribution in [-0.4, -0.2) is 54.5 Å². The lowest BCUT2D eigenvalue weighted by Gasteiger charge is -2.40. The smallest absolute Gasteiger partial charge is 0.304 e. The van der Waals surface area contributed by atoms with Crippen LogP contribution in [0.15, 0.2) is 0 Å². The van der Waals surface area contributed by atoms with Crippen LogP contribution >= 0.6 is 0 Å². The van der Waals surface area contributed by atoms with E-state index in [-0.39, 0.29) is 24.0 Å². The number of hydrogen-bond donors (Lipinski definition) is 1. The van der Waals surface area contributed by atoms with Crippen molar-refractivity contribution >= 4 is 15.8 Å². The molecule has 110 valence electrons. The fourth-order valence-electron chi connectivity index (χ4n) is 3.35. The van der Waals surface area contributed by atoms with Gasteiger partial charge in [-0.2, -0.15) is 0 Å². The van der Waals surface area contributed by atoms with E-state index in [1.165, 1.54) is 25.7 Å². The minimum absolute atomic E-state index is 0.00972. The first kappa shape index (κ1) is 14.8. The first-order valence-corrected chi connectivity index (χ1v) is 8.98. The van der Waals surface area contributed by atoms with Gasteiger partial charge < -0.3 is 5.11 Å². The molecule has 1 saturated heterocycles. The molecule has 2 rings (SSSR count).